The van der Waals surface area contributed by atoms with E-state index in [0.29, 0.717) is 23.4 Å². The van der Waals surface area contributed by atoms with Crippen molar-refractivity contribution in [2.45, 2.75) is 37.7 Å². The first kappa shape index (κ1) is 26.6. The van der Waals surface area contributed by atoms with Gasteiger partial charge in [-0.15, -0.1) is 24.8 Å². The maximum Gasteiger partial charge on any atom is 0.229 e. The highest BCUT2D eigenvalue weighted by molar-refractivity contribution is 7.92. The molecule has 1 fully saturated rings. The lowest BCUT2D eigenvalue weighted by atomic mass is 9.82. The number of sulfonamides is 1. The van der Waals surface area contributed by atoms with E-state index in [4.69, 9.17) is 4.74 Å². The number of carbonyl (C=O) groups excluding carboxylic acids is 1. The van der Waals surface area contributed by atoms with Gasteiger partial charge in [-0.05, 0) is 48.2 Å². The molecule has 1 saturated heterocycles. The van der Waals surface area contributed by atoms with E-state index in [1.54, 1.807) is 18.2 Å². The van der Waals surface area contributed by atoms with Gasteiger partial charge in [-0.2, -0.15) is 0 Å². The van der Waals surface area contributed by atoms with Gasteiger partial charge in [0.15, 0.2) is 5.78 Å². The predicted octanol–water partition coefficient (Wildman–Crippen LogP) is 3.91. The molecule has 0 bridgehead atoms. The van der Waals surface area contributed by atoms with Crippen LogP contribution in [0, 0.1) is 0 Å². The zero-order valence-electron chi connectivity index (χ0n) is 19.1. The van der Waals surface area contributed by atoms with Gasteiger partial charge in [0.05, 0.1) is 18.2 Å². The van der Waals surface area contributed by atoms with Crippen LogP contribution in [0.5, 0.6) is 5.75 Å². The first-order valence-corrected chi connectivity index (χ1v) is 13.1. The maximum absolute atomic E-state index is 12.9. The summed E-state index contributed by atoms with van der Waals surface area (Å²) in [5, 5.41) is 3.41. The van der Waals surface area contributed by atoms with Gasteiger partial charge in [-0.3, -0.25) is 9.52 Å². The summed E-state index contributed by atoms with van der Waals surface area (Å²) < 4.78 is 31.7. The summed E-state index contributed by atoms with van der Waals surface area (Å²) in [5.41, 5.74) is 4.46. The van der Waals surface area contributed by atoms with Crippen LogP contribution >= 0.6 is 24.8 Å². The van der Waals surface area contributed by atoms with E-state index in [9.17, 15) is 13.2 Å². The van der Waals surface area contributed by atoms with Crippen molar-refractivity contribution in [3.05, 3.63) is 53.1 Å². The standard InChI is InChI=1S/C24H29N3O4S.2ClH/c1-32(29,30)26-19-3-5-23-20(15-19)22(28)16-24(31-23)8-12-27(13-9-24)11-7-17-2-4-21-18(14-17)6-10-25-21;;/h2-5,14-15,25-26H,6-13,16H2,1H3;2*1H. The van der Waals surface area contributed by atoms with Crippen LogP contribution in [-0.4, -0.2) is 57.1 Å². The molecule has 186 valence electrons. The van der Waals surface area contributed by atoms with Crippen molar-refractivity contribution in [3.8, 4) is 5.75 Å². The largest absolute Gasteiger partial charge is 0.486 e. The number of rotatable bonds is 5. The number of nitrogens with zero attached hydrogens (tertiary/aromatic N) is 1. The van der Waals surface area contributed by atoms with Crippen LogP contribution in [-0.2, 0) is 22.9 Å². The van der Waals surface area contributed by atoms with E-state index in [1.165, 1.54) is 16.8 Å². The second kappa shape index (κ2) is 10.3. The minimum atomic E-state index is -3.39. The van der Waals surface area contributed by atoms with Gasteiger partial charge >= 0.3 is 0 Å². The smallest absolute Gasteiger partial charge is 0.229 e. The molecule has 3 aliphatic heterocycles. The van der Waals surface area contributed by atoms with Crippen LogP contribution in [0.3, 0.4) is 0 Å². The molecule has 5 rings (SSSR count). The lowest BCUT2D eigenvalue weighted by molar-refractivity contribution is -0.00865. The minimum absolute atomic E-state index is 0. The second-order valence-corrected chi connectivity index (χ2v) is 11.0. The Morgan fingerprint density at radius 2 is 1.88 bits per heavy atom. The number of anilines is 2. The molecule has 0 aliphatic carbocycles. The molecule has 3 aliphatic rings. The number of nitrogens with one attached hydrogen (secondary N) is 2. The van der Waals surface area contributed by atoms with Crippen LogP contribution in [0.15, 0.2) is 36.4 Å². The minimum Gasteiger partial charge on any atom is -0.486 e. The van der Waals surface area contributed by atoms with E-state index >= 15 is 0 Å². The van der Waals surface area contributed by atoms with E-state index in [-0.39, 0.29) is 30.6 Å². The Morgan fingerprint density at radius 3 is 2.62 bits per heavy atom. The number of ketones is 1. The number of fused-ring (bicyclic) bond motifs is 2. The molecule has 0 radical (unpaired) electrons. The quantitative estimate of drug-likeness (QED) is 0.612. The van der Waals surface area contributed by atoms with Crippen LogP contribution in [0.4, 0.5) is 11.4 Å². The summed E-state index contributed by atoms with van der Waals surface area (Å²) in [6.45, 7) is 3.85. The Labute approximate surface area is 213 Å². The number of piperidine rings is 1. The molecule has 34 heavy (non-hydrogen) atoms. The second-order valence-electron chi connectivity index (χ2n) is 9.23. The van der Waals surface area contributed by atoms with Gasteiger partial charge in [0.2, 0.25) is 10.0 Å². The Bertz CT molecular complexity index is 1160. The SMILES string of the molecule is CS(=O)(=O)Nc1ccc2c(c1)C(=O)CC1(CCN(CCc3ccc4c(c3)CCN4)CC1)O2.Cl.Cl. The summed E-state index contributed by atoms with van der Waals surface area (Å²) in [4.78, 5) is 15.3. The molecular weight excluding hydrogens is 497 g/mol. The fourth-order valence-electron chi connectivity index (χ4n) is 5.04. The summed E-state index contributed by atoms with van der Waals surface area (Å²) in [6, 6.07) is 11.7. The van der Waals surface area contributed by atoms with E-state index in [1.807, 2.05) is 0 Å². The third-order valence-electron chi connectivity index (χ3n) is 6.76. The highest BCUT2D eigenvalue weighted by Gasteiger charge is 2.42. The normalized spacial score (nSPS) is 18.6. The van der Waals surface area contributed by atoms with Gasteiger partial charge < -0.3 is 15.0 Å². The monoisotopic (exact) mass is 527 g/mol. The lowest BCUT2D eigenvalue weighted by Gasteiger charge is -2.44. The number of Topliss-reactive ketones (excluding diaryl/α,β-unsaturated/α-hetero) is 1. The molecule has 2 N–H and O–H groups in total. The third kappa shape index (κ3) is 5.79. The Kier molecular flexibility index (Phi) is 8.07. The average molecular weight is 529 g/mol. The molecule has 0 saturated carbocycles. The molecular formula is C24H31Cl2N3O4S. The molecule has 10 heteroatoms. The van der Waals surface area contributed by atoms with Gasteiger partial charge in [0.25, 0.3) is 0 Å². The maximum atomic E-state index is 12.9. The van der Waals surface area contributed by atoms with E-state index < -0.39 is 15.6 Å². The summed E-state index contributed by atoms with van der Waals surface area (Å²) >= 11 is 0. The number of hydrogen-bond acceptors (Lipinski definition) is 6. The van der Waals surface area contributed by atoms with Gasteiger partial charge in [-0.25, -0.2) is 8.42 Å². The zero-order valence-corrected chi connectivity index (χ0v) is 21.6. The van der Waals surface area contributed by atoms with E-state index in [2.05, 4.69) is 33.1 Å². The molecule has 7 nitrogen and oxygen atoms in total. The average Bonchev–Trinajstić information content (AvgIpc) is 3.21. The predicted molar refractivity (Wildman–Crippen MR) is 140 cm³/mol. The Morgan fingerprint density at radius 1 is 1.12 bits per heavy atom. The number of likely N-dealkylation sites (tertiary alicyclic amines) is 1. The molecule has 0 unspecified atom stereocenters. The van der Waals surface area contributed by atoms with Crippen molar-refractivity contribution in [2.75, 3.05) is 42.5 Å². The molecule has 0 amide bonds. The summed E-state index contributed by atoms with van der Waals surface area (Å²) in [6.07, 6.45) is 5.20. The molecule has 1 spiro atoms. The topological polar surface area (TPSA) is 87.7 Å². The number of hydrogen-bond donors (Lipinski definition) is 2. The zero-order chi connectivity index (χ0) is 22.3. The Hall–Kier alpha value is -2.00. The van der Waals surface area contributed by atoms with Crippen molar-refractivity contribution in [1.82, 2.24) is 4.90 Å². The molecule has 0 atom stereocenters. The lowest BCUT2D eigenvalue weighted by Crippen LogP contribution is -2.51. The van der Waals surface area contributed by atoms with Crippen molar-refractivity contribution in [3.63, 3.8) is 0 Å². The van der Waals surface area contributed by atoms with Crippen molar-refractivity contribution in [2.24, 2.45) is 0 Å². The molecule has 2 aromatic rings. The number of carbonyl (C=O) groups is 1. The number of ether oxygens (including phenoxy) is 1. The molecule has 2 aromatic carbocycles. The van der Waals surface area contributed by atoms with E-state index in [0.717, 1.165) is 58.1 Å². The number of halogens is 2. The van der Waals surface area contributed by atoms with Crippen LogP contribution in [0.1, 0.15) is 40.7 Å². The first-order chi connectivity index (χ1) is 15.3. The fraction of sp³-hybridized carbons (Fsp3) is 0.458. The Balaban J connectivity index is 0.00000162. The number of benzene rings is 2. The van der Waals surface area contributed by atoms with Crippen molar-refractivity contribution < 1.29 is 17.9 Å². The fourth-order valence-corrected chi connectivity index (χ4v) is 5.59. The van der Waals surface area contributed by atoms with Crippen LogP contribution in [0.25, 0.3) is 0 Å². The first-order valence-electron chi connectivity index (χ1n) is 11.2. The highest BCUT2D eigenvalue weighted by atomic mass is 35.5. The van der Waals surface area contributed by atoms with Gasteiger partial charge in [0, 0.05) is 50.4 Å². The van der Waals surface area contributed by atoms with Crippen molar-refractivity contribution in [1.29, 1.82) is 0 Å². The van der Waals surface area contributed by atoms with Crippen LogP contribution in [0.2, 0.25) is 0 Å². The molecule has 0 aromatic heterocycles. The van der Waals surface area contributed by atoms with Crippen LogP contribution < -0.4 is 14.8 Å². The van der Waals surface area contributed by atoms with Crippen molar-refractivity contribution >= 4 is 52.0 Å². The summed E-state index contributed by atoms with van der Waals surface area (Å²) in [5.74, 6) is 0.573. The third-order valence-corrected chi connectivity index (χ3v) is 7.36. The summed E-state index contributed by atoms with van der Waals surface area (Å²) in [7, 11) is -3.39. The van der Waals surface area contributed by atoms with Gasteiger partial charge in [0.1, 0.15) is 11.4 Å². The van der Waals surface area contributed by atoms with Gasteiger partial charge in [-0.1, -0.05) is 12.1 Å². The molecule has 3 heterocycles. The highest BCUT2D eigenvalue weighted by Crippen LogP contribution is 2.40.